The van der Waals surface area contributed by atoms with Gasteiger partial charge in [0.2, 0.25) is 0 Å². The molecule has 0 saturated carbocycles. The molecule has 0 saturated heterocycles. The van der Waals surface area contributed by atoms with E-state index in [1.807, 2.05) is 0 Å². The van der Waals surface area contributed by atoms with Gasteiger partial charge in [0.1, 0.15) is 6.29 Å². The number of hydrogen-bond donors (Lipinski definition) is 0. The summed E-state index contributed by atoms with van der Waals surface area (Å²) in [6.07, 6.45) is 2.82. The second kappa shape index (κ2) is 4.23. The quantitative estimate of drug-likeness (QED) is 0.302. The number of carbonyl (C=O) groups excluding carboxylic acids is 1. The molecule has 0 aromatic heterocycles. The first-order valence-electron chi connectivity index (χ1n) is 2.83. The fraction of sp³-hybridized carbons (Fsp3) is 0. The highest BCUT2D eigenvalue weighted by molar-refractivity contribution is 8.16. The van der Waals surface area contributed by atoms with E-state index in [1.54, 1.807) is 0 Å². The third-order valence-electron chi connectivity index (χ3n) is 0.948. The largest absolute Gasteiger partial charge is 0.298 e. The van der Waals surface area contributed by atoms with E-state index in [9.17, 15) is 13.2 Å². The average Bonchev–Trinajstić information content (AvgIpc) is 1.97. The zero-order valence-corrected chi connectivity index (χ0v) is 7.73. The standard InChI is InChI=1S/C7H7ClO3S/c1-6(5-9)3-4-7(2)12(8,10)11/h3-5H,1-2H2/b4-3-. The Kier molecular flexibility index (Phi) is 3.92. The molecular weight excluding hydrogens is 200 g/mol. The zero-order valence-electron chi connectivity index (χ0n) is 6.16. The van der Waals surface area contributed by atoms with Gasteiger partial charge in [0.25, 0.3) is 9.05 Å². The molecule has 0 aromatic rings. The van der Waals surface area contributed by atoms with Crippen LogP contribution in [0.5, 0.6) is 0 Å². The van der Waals surface area contributed by atoms with Crippen LogP contribution in [0.25, 0.3) is 0 Å². The van der Waals surface area contributed by atoms with Crippen LogP contribution in [-0.2, 0) is 13.8 Å². The molecular formula is C7H7ClO3S. The summed E-state index contributed by atoms with van der Waals surface area (Å²) < 4.78 is 21.1. The van der Waals surface area contributed by atoms with Gasteiger partial charge in [0.05, 0.1) is 4.91 Å². The number of carbonyl (C=O) groups is 1. The minimum Gasteiger partial charge on any atom is -0.298 e. The first-order valence-corrected chi connectivity index (χ1v) is 5.14. The summed E-state index contributed by atoms with van der Waals surface area (Å²) in [5.41, 5.74) is 0.150. The second-order valence-electron chi connectivity index (χ2n) is 1.93. The summed E-state index contributed by atoms with van der Waals surface area (Å²) >= 11 is 0. The molecule has 0 atom stereocenters. The molecule has 0 unspecified atom stereocenters. The Morgan fingerprint density at radius 2 is 1.75 bits per heavy atom. The zero-order chi connectivity index (χ0) is 9.78. The maximum Gasteiger partial charge on any atom is 0.260 e. The predicted octanol–water partition coefficient (Wildman–Crippen LogP) is 1.38. The number of halogens is 1. The van der Waals surface area contributed by atoms with Crippen molar-refractivity contribution in [3.8, 4) is 0 Å². The van der Waals surface area contributed by atoms with Crippen LogP contribution in [0.3, 0.4) is 0 Å². The topological polar surface area (TPSA) is 51.2 Å². The Labute approximate surface area is 75.5 Å². The lowest BCUT2D eigenvalue weighted by atomic mass is 10.3. The van der Waals surface area contributed by atoms with Gasteiger partial charge in [-0.3, -0.25) is 4.79 Å². The summed E-state index contributed by atoms with van der Waals surface area (Å²) in [6, 6.07) is 0. The van der Waals surface area contributed by atoms with Crippen molar-refractivity contribution in [1.82, 2.24) is 0 Å². The minimum absolute atomic E-state index is 0.150. The molecule has 0 aliphatic rings. The van der Waals surface area contributed by atoms with Crippen molar-refractivity contribution in [2.45, 2.75) is 0 Å². The monoisotopic (exact) mass is 206 g/mol. The average molecular weight is 207 g/mol. The predicted molar refractivity (Wildman–Crippen MR) is 48.3 cm³/mol. The van der Waals surface area contributed by atoms with Gasteiger partial charge < -0.3 is 0 Å². The van der Waals surface area contributed by atoms with Crippen LogP contribution in [-0.4, -0.2) is 14.7 Å². The highest BCUT2D eigenvalue weighted by atomic mass is 35.7. The molecule has 12 heavy (non-hydrogen) atoms. The van der Waals surface area contributed by atoms with Crippen LogP contribution in [0.2, 0.25) is 0 Å². The minimum atomic E-state index is -3.77. The lowest BCUT2D eigenvalue weighted by Gasteiger charge is -1.90. The highest BCUT2D eigenvalue weighted by Crippen LogP contribution is 2.10. The van der Waals surface area contributed by atoms with Crippen molar-refractivity contribution in [2.24, 2.45) is 0 Å². The van der Waals surface area contributed by atoms with E-state index >= 15 is 0 Å². The smallest absolute Gasteiger partial charge is 0.260 e. The summed E-state index contributed by atoms with van der Waals surface area (Å²) in [6.45, 7) is 6.46. The van der Waals surface area contributed by atoms with Gasteiger partial charge in [-0.1, -0.05) is 19.2 Å². The molecule has 66 valence electrons. The summed E-state index contributed by atoms with van der Waals surface area (Å²) in [4.78, 5) is 9.73. The third kappa shape index (κ3) is 4.10. The molecule has 3 nitrogen and oxygen atoms in total. The first kappa shape index (κ1) is 11.1. The van der Waals surface area contributed by atoms with E-state index in [2.05, 4.69) is 13.2 Å². The van der Waals surface area contributed by atoms with Gasteiger partial charge in [0, 0.05) is 16.3 Å². The van der Waals surface area contributed by atoms with E-state index in [0.717, 1.165) is 6.08 Å². The van der Waals surface area contributed by atoms with E-state index in [1.165, 1.54) is 6.08 Å². The highest BCUT2D eigenvalue weighted by Gasteiger charge is 2.06. The normalized spacial score (nSPS) is 11.4. The molecule has 5 heteroatoms. The molecule has 0 spiro atoms. The number of allylic oxidation sites excluding steroid dienone is 3. The number of rotatable bonds is 4. The summed E-state index contributed by atoms with van der Waals surface area (Å²) in [5, 5.41) is 0. The summed E-state index contributed by atoms with van der Waals surface area (Å²) in [5.74, 6) is 0. The molecule has 0 radical (unpaired) electrons. The molecule has 0 N–H and O–H groups in total. The van der Waals surface area contributed by atoms with Gasteiger partial charge >= 0.3 is 0 Å². The molecule has 0 aliphatic heterocycles. The number of aldehydes is 1. The maximum absolute atomic E-state index is 10.5. The second-order valence-corrected chi connectivity index (χ2v) is 4.55. The SMILES string of the molecule is C=C(C=O)/C=C\C(=C)S(=O)(=O)Cl. The van der Waals surface area contributed by atoms with E-state index in [0.29, 0.717) is 6.29 Å². The van der Waals surface area contributed by atoms with Crippen LogP contribution in [0.4, 0.5) is 0 Å². The van der Waals surface area contributed by atoms with Gasteiger partial charge in [0.15, 0.2) is 0 Å². The van der Waals surface area contributed by atoms with Crippen molar-refractivity contribution >= 4 is 26.0 Å². The van der Waals surface area contributed by atoms with Crippen LogP contribution < -0.4 is 0 Å². The Morgan fingerprint density at radius 3 is 2.08 bits per heavy atom. The Bertz CT molecular complexity index is 338. The van der Waals surface area contributed by atoms with Crippen molar-refractivity contribution < 1.29 is 13.2 Å². The van der Waals surface area contributed by atoms with Gasteiger partial charge in [-0.05, 0) is 6.08 Å². The third-order valence-corrected chi connectivity index (χ3v) is 2.30. The molecule has 0 amide bonds. The van der Waals surface area contributed by atoms with E-state index in [4.69, 9.17) is 10.7 Å². The Balaban J connectivity index is 4.50. The van der Waals surface area contributed by atoms with Crippen molar-refractivity contribution in [3.05, 3.63) is 35.8 Å². The van der Waals surface area contributed by atoms with Crippen LogP contribution in [0.15, 0.2) is 35.8 Å². The molecule has 0 heterocycles. The Morgan fingerprint density at radius 1 is 1.25 bits per heavy atom. The van der Waals surface area contributed by atoms with Crippen molar-refractivity contribution in [1.29, 1.82) is 0 Å². The van der Waals surface area contributed by atoms with Crippen molar-refractivity contribution in [2.75, 3.05) is 0 Å². The lowest BCUT2D eigenvalue weighted by Crippen LogP contribution is -1.89. The summed E-state index contributed by atoms with van der Waals surface area (Å²) in [7, 11) is 1.14. The van der Waals surface area contributed by atoms with Crippen LogP contribution >= 0.6 is 10.7 Å². The first-order chi connectivity index (χ1) is 5.38. The Hall–Kier alpha value is -0.870. The van der Waals surface area contributed by atoms with E-state index < -0.39 is 9.05 Å². The van der Waals surface area contributed by atoms with Crippen LogP contribution in [0.1, 0.15) is 0 Å². The fourth-order valence-corrected chi connectivity index (χ4v) is 0.705. The molecule has 0 rings (SSSR count). The molecule has 0 fully saturated rings. The van der Waals surface area contributed by atoms with Gasteiger partial charge in [-0.25, -0.2) is 8.42 Å². The lowest BCUT2D eigenvalue weighted by molar-refractivity contribution is -0.104. The van der Waals surface area contributed by atoms with Crippen LogP contribution in [0, 0.1) is 0 Å². The van der Waals surface area contributed by atoms with Gasteiger partial charge in [-0.15, -0.1) is 0 Å². The molecule has 0 aliphatic carbocycles. The molecule has 0 aromatic carbocycles. The maximum atomic E-state index is 10.5. The van der Waals surface area contributed by atoms with Gasteiger partial charge in [-0.2, -0.15) is 0 Å². The fourth-order valence-electron chi connectivity index (χ4n) is 0.321. The van der Waals surface area contributed by atoms with E-state index in [-0.39, 0.29) is 10.5 Å². The molecule has 0 bridgehead atoms. The number of hydrogen-bond acceptors (Lipinski definition) is 3. The van der Waals surface area contributed by atoms with Crippen molar-refractivity contribution in [3.63, 3.8) is 0 Å².